The predicted octanol–water partition coefficient (Wildman–Crippen LogP) is 0.703. The molecule has 1 amide bonds. The van der Waals surface area contributed by atoms with Gasteiger partial charge in [-0.1, -0.05) is 36.4 Å². The first-order chi connectivity index (χ1) is 11.4. The summed E-state index contributed by atoms with van der Waals surface area (Å²) in [7, 11) is 0. The predicted molar refractivity (Wildman–Crippen MR) is 83.5 cm³/mol. The number of carbonyl (C=O) groups is 3. The molecular formula is C17H14N2O5. The smallest absolute Gasteiger partial charge is 0.269 e. The molecule has 4 N–H and O–H groups in total. The lowest BCUT2D eigenvalue weighted by molar-refractivity contribution is 0.0138. The summed E-state index contributed by atoms with van der Waals surface area (Å²) in [5, 5.41) is 20.3. The van der Waals surface area contributed by atoms with Crippen LogP contribution in [0.15, 0.2) is 42.5 Å². The minimum atomic E-state index is -2.57. The number of nitrogens with one attached hydrogen (secondary N) is 2. The van der Waals surface area contributed by atoms with E-state index in [1.54, 1.807) is 31.2 Å². The number of phenolic OH excluding ortho intramolecular Hbond substituents is 1. The number of rotatable bonds is 3. The molecule has 0 aliphatic heterocycles. The van der Waals surface area contributed by atoms with Crippen molar-refractivity contribution in [3.8, 4) is 5.75 Å². The summed E-state index contributed by atoms with van der Waals surface area (Å²) in [6, 6.07) is 10.5. The molecule has 122 valence electrons. The second-order valence-electron chi connectivity index (χ2n) is 5.46. The fraction of sp³-hybridized carbons (Fsp3) is 0.118. The number of Topliss-reactive ketones (excluding diaryl/α,β-unsaturated/α-hetero) is 2. The highest BCUT2D eigenvalue weighted by molar-refractivity contribution is 6.31. The number of phenols is 1. The van der Waals surface area contributed by atoms with Gasteiger partial charge in [0, 0.05) is 11.1 Å². The van der Waals surface area contributed by atoms with Crippen LogP contribution in [-0.4, -0.2) is 33.4 Å². The number of aliphatic hydroxyl groups is 1. The first-order valence-corrected chi connectivity index (χ1v) is 7.13. The van der Waals surface area contributed by atoms with Crippen molar-refractivity contribution < 1.29 is 24.6 Å². The van der Waals surface area contributed by atoms with Crippen LogP contribution in [0.5, 0.6) is 5.75 Å². The van der Waals surface area contributed by atoms with Gasteiger partial charge in [0.1, 0.15) is 5.75 Å². The monoisotopic (exact) mass is 326 g/mol. The molecule has 24 heavy (non-hydrogen) atoms. The van der Waals surface area contributed by atoms with Crippen LogP contribution in [0.25, 0.3) is 0 Å². The largest absolute Gasteiger partial charge is 0.507 e. The lowest BCUT2D eigenvalue weighted by Crippen LogP contribution is -2.61. The summed E-state index contributed by atoms with van der Waals surface area (Å²) in [6.07, 6.45) is 0. The van der Waals surface area contributed by atoms with Crippen LogP contribution in [0.3, 0.4) is 0 Å². The van der Waals surface area contributed by atoms with E-state index in [0.29, 0.717) is 5.56 Å². The van der Waals surface area contributed by atoms with Crippen molar-refractivity contribution in [2.45, 2.75) is 12.6 Å². The number of benzene rings is 2. The quantitative estimate of drug-likeness (QED) is 0.375. The zero-order chi connectivity index (χ0) is 17.5. The summed E-state index contributed by atoms with van der Waals surface area (Å²) >= 11 is 0. The van der Waals surface area contributed by atoms with Gasteiger partial charge in [0.25, 0.3) is 11.6 Å². The topological polar surface area (TPSA) is 116 Å². The summed E-state index contributed by atoms with van der Waals surface area (Å²) in [4.78, 5) is 36.7. The van der Waals surface area contributed by atoms with Crippen LogP contribution in [0, 0.1) is 6.92 Å². The van der Waals surface area contributed by atoms with Crippen molar-refractivity contribution in [2.75, 3.05) is 0 Å². The zero-order valence-electron chi connectivity index (χ0n) is 12.7. The Bertz CT molecular complexity index is 840. The van der Waals surface area contributed by atoms with Gasteiger partial charge in [-0.25, -0.2) is 0 Å². The minimum Gasteiger partial charge on any atom is -0.507 e. The molecule has 0 unspecified atom stereocenters. The van der Waals surface area contributed by atoms with Gasteiger partial charge in [-0.2, -0.15) is 5.43 Å². The molecule has 7 heteroatoms. The second kappa shape index (κ2) is 5.55. The summed E-state index contributed by atoms with van der Waals surface area (Å²) in [6.45, 7) is 1.62. The Hall–Kier alpha value is -3.03. The number of amides is 1. The van der Waals surface area contributed by atoms with Crippen molar-refractivity contribution in [3.63, 3.8) is 0 Å². The van der Waals surface area contributed by atoms with Crippen LogP contribution >= 0.6 is 0 Å². The molecule has 7 nitrogen and oxygen atoms in total. The molecule has 0 heterocycles. The van der Waals surface area contributed by atoms with Crippen LogP contribution in [0.4, 0.5) is 0 Å². The Morgan fingerprint density at radius 2 is 1.58 bits per heavy atom. The second-order valence-corrected chi connectivity index (χ2v) is 5.46. The van der Waals surface area contributed by atoms with Gasteiger partial charge >= 0.3 is 0 Å². The Labute approximate surface area is 136 Å². The highest BCUT2D eigenvalue weighted by Crippen LogP contribution is 2.28. The average molecular weight is 326 g/mol. The van der Waals surface area contributed by atoms with Crippen molar-refractivity contribution in [3.05, 3.63) is 64.7 Å². The van der Waals surface area contributed by atoms with Gasteiger partial charge in [0.05, 0.1) is 5.56 Å². The molecule has 0 radical (unpaired) electrons. The molecule has 0 fully saturated rings. The zero-order valence-corrected chi connectivity index (χ0v) is 12.7. The van der Waals surface area contributed by atoms with Crippen molar-refractivity contribution >= 4 is 17.5 Å². The van der Waals surface area contributed by atoms with Gasteiger partial charge < -0.3 is 10.2 Å². The number of hydrogen-bond acceptors (Lipinski definition) is 6. The van der Waals surface area contributed by atoms with E-state index < -0.39 is 23.2 Å². The number of aryl methyl sites for hydroxylation is 1. The number of hydrazine groups is 1. The Kier molecular flexibility index (Phi) is 3.67. The fourth-order valence-electron chi connectivity index (χ4n) is 2.54. The molecule has 0 aromatic heterocycles. The molecule has 2 aromatic rings. The van der Waals surface area contributed by atoms with E-state index >= 15 is 0 Å². The molecule has 0 atom stereocenters. The van der Waals surface area contributed by atoms with Crippen LogP contribution < -0.4 is 10.9 Å². The number of aromatic hydroxyl groups is 1. The molecular weight excluding hydrogens is 312 g/mol. The van der Waals surface area contributed by atoms with Crippen molar-refractivity contribution in [1.29, 1.82) is 0 Å². The maximum Gasteiger partial charge on any atom is 0.269 e. The third kappa shape index (κ3) is 2.27. The van der Waals surface area contributed by atoms with Gasteiger partial charge in [0.2, 0.25) is 11.6 Å². The SMILES string of the molecule is Cc1cccc(C(=O)NNC2(O)C(=O)c3ccccc3C2=O)c1O. The lowest BCUT2D eigenvalue weighted by Gasteiger charge is -2.21. The Morgan fingerprint density at radius 3 is 2.17 bits per heavy atom. The van der Waals surface area contributed by atoms with E-state index in [4.69, 9.17) is 0 Å². The maximum atomic E-state index is 12.3. The normalized spacial score (nSPS) is 15.2. The molecule has 0 saturated heterocycles. The number of para-hydroxylation sites is 1. The van der Waals surface area contributed by atoms with E-state index in [1.807, 2.05) is 0 Å². The molecule has 1 aliphatic carbocycles. The van der Waals surface area contributed by atoms with E-state index in [2.05, 4.69) is 10.9 Å². The van der Waals surface area contributed by atoms with Crippen molar-refractivity contribution in [1.82, 2.24) is 10.9 Å². The third-order valence-electron chi connectivity index (χ3n) is 3.91. The summed E-state index contributed by atoms with van der Waals surface area (Å²) in [5.74, 6) is -2.72. The van der Waals surface area contributed by atoms with Crippen LogP contribution in [-0.2, 0) is 0 Å². The third-order valence-corrected chi connectivity index (χ3v) is 3.91. The van der Waals surface area contributed by atoms with E-state index in [9.17, 15) is 24.6 Å². The maximum absolute atomic E-state index is 12.3. The van der Waals surface area contributed by atoms with Gasteiger partial charge in [-0.3, -0.25) is 19.8 Å². The lowest BCUT2D eigenvalue weighted by atomic mass is 10.1. The molecule has 0 spiro atoms. The van der Waals surface area contributed by atoms with Crippen LogP contribution in [0.1, 0.15) is 36.6 Å². The first-order valence-electron chi connectivity index (χ1n) is 7.13. The standard InChI is InChI=1S/C17H14N2O5/c1-9-5-4-8-12(13(9)20)16(23)18-19-17(24)14(21)10-6-2-3-7-11(10)15(17)22/h2-8,19-20,24H,1H3,(H,18,23). The van der Waals surface area contributed by atoms with E-state index in [-0.39, 0.29) is 22.4 Å². The minimum absolute atomic E-state index is 0.0542. The fourth-order valence-corrected chi connectivity index (χ4v) is 2.54. The molecule has 1 aliphatic rings. The molecule has 0 saturated carbocycles. The molecule has 3 rings (SSSR count). The Morgan fingerprint density at radius 1 is 1.00 bits per heavy atom. The molecule has 2 aromatic carbocycles. The van der Waals surface area contributed by atoms with Crippen LogP contribution in [0.2, 0.25) is 0 Å². The van der Waals surface area contributed by atoms with Gasteiger partial charge in [0.15, 0.2) is 0 Å². The Balaban J connectivity index is 1.82. The number of fused-ring (bicyclic) bond motifs is 1. The van der Waals surface area contributed by atoms with Crippen molar-refractivity contribution in [2.24, 2.45) is 0 Å². The van der Waals surface area contributed by atoms with E-state index in [1.165, 1.54) is 18.2 Å². The van der Waals surface area contributed by atoms with Gasteiger partial charge in [-0.15, -0.1) is 0 Å². The highest BCUT2D eigenvalue weighted by Gasteiger charge is 2.52. The molecule has 0 bridgehead atoms. The first kappa shape index (κ1) is 15.9. The van der Waals surface area contributed by atoms with E-state index in [0.717, 1.165) is 0 Å². The highest BCUT2D eigenvalue weighted by atomic mass is 16.3. The number of hydrogen-bond donors (Lipinski definition) is 4. The number of carbonyl (C=O) groups excluding carboxylic acids is 3. The van der Waals surface area contributed by atoms with Gasteiger partial charge in [-0.05, 0) is 18.6 Å². The summed E-state index contributed by atoms with van der Waals surface area (Å²) < 4.78 is 0. The number of ketones is 2. The average Bonchev–Trinajstić information content (AvgIpc) is 2.78. The summed E-state index contributed by atoms with van der Waals surface area (Å²) in [5.41, 5.74) is 2.21.